The first-order valence-corrected chi connectivity index (χ1v) is 10.4. The Kier molecular flexibility index (Phi) is 5.94. The van der Waals surface area contributed by atoms with E-state index in [9.17, 15) is 0 Å². The van der Waals surface area contributed by atoms with Gasteiger partial charge in [-0.3, -0.25) is 0 Å². The lowest BCUT2D eigenvalue weighted by Gasteiger charge is -2.41. The molecule has 0 aromatic carbocycles. The van der Waals surface area contributed by atoms with Gasteiger partial charge in [0, 0.05) is 19.4 Å². The largest absolute Gasteiger partial charge is 0.347 e. The van der Waals surface area contributed by atoms with Gasteiger partial charge in [0.15, 0.2) is 5.79 Å². The van der Waals surface area contributed by atoms with E-state index >= 15 is 0 Å². The molecule has 2 unspecified atom stereocenters. The van der Waals surface area contributed by atoms with Gasteiger partial charge in [-0.25, -0.2) is 0 Å². The van der Waals surface area contributed by atoms with Crippen LogP contribution < -0.4 is 0 Å². The molecular weight excluding hydrogens is 298 g/mol. The summed E-state index contributed by atoms with van der Waals surface area (Å²) in [5, 5.41) is 0. The van der Waals surface area contributed by atoms with Crippen molar-refractivity contribution >= 4 is 0 Å². The molecule has 1 aliphatic carbocycles. The zero-order valence-electron chi connectivity index (χ0n) is 16.5. The van der Waals surface area contributed by atoms with E-state index in [0.717, 1.165) is 37.7 Å². The number of likely N-dealkylation sites (tertiary alicyclic amines) is 1. The highest BCUT2D eigenvalue weighted by molar-refractivity contribution is 4.88. The molecular formula is C21H39NO2. The molecule has 2 aliphatic heterocycles. The van der Waals surface area contributed by atoms with Crippen molar-refractivity contribution in [1.29, 1.82) is 0 Å². The molecule has 3 rings (SSSR count). The maximum absolute atomic E-state index is 6.42. The topological polar surface area (TPSA) is 21.7 Å². The standard InChI is InChI=1S/C21H39NO2/c1-17-7-5-13-22(15-17)14-6-8-19-16-23-21(24-19)11-9-18(10-12-21)20(2,3)4/h17-19H,5-16H2,1-4H3. The van der Waals surface area contributed by atoms with Gasteiger partial charge < -0.3 is 14.4 Å². The molecule has 3 aliphatic rings. The summed E-state index contributed by atoms with van der Waals surface area (Å²) in [7, 11) is 0. The zero-order valence-corrected chi connectivity index (χ0v) is 16.5. The Morgan fingerprint density at radius 2 is 1.88 bits per heavy atom. The van der Waals surface area contributed by atoms with Gasteiger partial charge in [0.05, 0.1) is 12.7 Å². The first kappa shape index (κ1) is 18.7. The first-order valence-electron chi connectivity index (χ1n) is 10.4. The number of hydrogen-bond acceptors (Lipinski definition) is 3. The third-order valence-electron chi connectivity index (χ3n) is 6.63. The molecule has 2 atom stereocenters. The molecule has 0 bridgehead atoms. The maximum atomic E-state index is 6.42. The van der Waals surface area contributed by atoms with Crippen molar-refractivity contribution in [2.45, 2.75) is 91.0 Å². The summed E-state index contributed by atoms with van der Waals surface area (Å²) in [5.41, 5.74) is 0.422. The van der Waals surface area contributed by atoms with Crippen molar-refractivity contribution in [3.63, 3.8) is 0 Å². The quantitative estimate of drug-likeness (QED) is 0.732. The molecule has 0 radical (unpaired) electrons. The third-order valence-corrected chi connectivity index (χ3v) is 6.63. The summed E-state index contributed by atoms with van der Waals surface area (Å²) < 4.78 is 12.6. The summed E-state index contributed by atoms with van der Waals surface area (Å²) in [6.07, 6.45) is 10.2. The minimum Gasteiger partial charge on any atom is -0.347 e. The first-order chi connectivity index (χ1) is 11.4. The van der Waals surface area contributed by atoms with Crippen molar-refractivity contribution in [2.75, 3.05) is 26.2 Å². The molecule has 3 heteroatoms. The molecule has 24 heavy (non-hydrogen) atoms. The van der Waals surface area contributed by atoms with E-state index in [1.165, 1.54) is 51.7 Å². The lowest BCUT2D eigenvalue weighted by molar-refractivity contribution is -0.197. The fourth-order valence-electron chi connectivity index (χ4n) is 4.98. The van der Waals surface area contributed by atoms with E-state index in [1.807, 2.05) is 0 Å². The maximum Gasteiger partial charge on any atom is 0.168 e. The average molecular weight is 338 g/mol. The van der Waals surface area contributed by atoms with E-state index in [0.29, 0.717) is 11.5 Å². The van der Waals surface area contributed by atoms with Crippen LogP contribution in [0.3, 0.4) is 0 Å². The van der Waals surface area contributed by atoms with Crippen LogP contribution in [0.5, 0.6) is 0 Å². The van der Waals surface area contributed by atoms with Crippen LogP contribution in [0, 0.1) is 17.3 Å². The van der Waals surface area contributed by atoms with Crippen molar-refractivity contribution < 1.29 is 9.47 Å². The third kappa shape index (κ3) is 4.74. The lowest BCUT2D eigenvalue weighted by Crippen LogP contribution is -2.39. The SMILES string of the molecule is CC1CCCN(CCCC2COC3(CCC(C(C)(C)C)CC3)O2)C1. The van der Waals surface area contributed by atoms with Crippen LogP contribution in [0.15, 0.2) is 0 Å². The van der Waals surface area contributed by atoms with Crippen LogP contribution in [-0.4, -0.2) is 43.0 Å². The molecule has 3 fully saturated rings. The molecule has 1 saturated carbocycles. The summed E-state index contributed by atoms with van der Waals surface area (Å²) in [4.78, 5) is 2.65. The van der Waals surface area contributed by atoms with Gasteiger partial charge in [-0.05, 0) is 68.9 Å². The van der Waals surface area contributed by atoms with Gasteiger partial charge in [0.25, 0.3) is 0 Å². The van der Waals surface area contributed by atoms with Gasteiger partial charge in [-0.15, -0.1) is 0 Å². The Morgan fingerprint density at radius 1 is 1.12 bits per heavy atom. The Bertz CT molecular complexity index is 395. The fraction of sp³-hybridized carbons (Fsp3) is 1.00. The van der Waals surface area contributed by atoms with Gasteiger partial charge in [-0.2, -0.15) is 0 Å². The van der Waals surface area contributed by atoms with Crippen LogP contribution >= 0.6 is 0 Å². The zero-order chi connectivity index (χ0) is 17.2. The molecule has 0 aromatic heterocycles. The molecule has 2 saturated heterocycles. The van der Waals surface area contributed by atoms with Crippen LogP contribution in [0.25, 0.3) is 0 Å². The fourth-order valence-corrected chi connectivity index (χ4v) is 4.98. The predicted molar refractivity (Wildman–Crippen MR) is 99.0 cm³/mol. The van der Waals surface area contributed by atoms with Crippen molar-refractivity contribution in [3.8, 4) is 0 Å². The summed E-state index contributed by atoms with van der Waals surface area (Å²) in [6, 6.07) is 0. The summed E-state index contributed by atoms with van der Waals surface area (Å²) in [6.45, 7) is 14.1. The smallest absolute Gasteiger partial charge is 0.168 e. The van der Waals surface area contributed by atoms with E-state index in [-0.39, 0.29) is 5.79 Å². The van der Waals surface area contributed by atoms with Crippen molar-refractivity contribution in [1.82, 2.24) is 4.90 Å². The van der Waals surface area contributed by atoms with E-state index in [2.05, 4.69) is 32.6 Å². The highest BCUT2D eigenvalue weighted by atomic mass is 16.7. The molecule has 3 nitrogen and oxygen atoms in total. The Morgan fingerprint density at radius 3 is 2.54 bits per heavy atom. The lowest BCUT2D eigenvalue weighted by atomic mass is 9.71. The molecule has 1 spiro atoms. The summed E-state index contributed by atoms with van der Waals surface area (Å²) in [5.74, 6) is 1.47. The van der Waals surface area contributed by atoms with Gasteiger partial charge in [0.2, 0.25) is 0 Å². The Balaban J connectivity index is 1.37. The van der Waals surface area contributed by atoms with Crippen LogP contribution in [0.2, 0.25) is 0 Å². The minimum atomic E-state index is -0.230. The van der Waals surface area contributed by atoms with E-state index in [1.54, 1.807) is 0 Å². The molecule has 0 aromatic rings. The van der Waals surface area contributed by atoms with Crippen LogP contribution in [-0.2, 0) is 9.47 Å². The number of ether oxygens (including phenoxy) is 2. The molecule has 0 N–H and O–H groups in total. The Labute approximate surface area is 149 Å². The number of rotatable bonds is 4. The van der Waals surface area contributed by atoms with Gasteiger partial charge >= 0.3 is 0 Å². The van der Waals surface area contributed by atoms with Crippen LogP contribution in [0.1, 0.15) is 79.1 Å². The molecule has 140 valence electrons. The molecule has 2 heterocycles. The average Bonchev–Trinajstić information content (AvgIpc) is 2.90. The second-order valence-corrected chi connectivity index (χ2v) is 9.79. The highest BCUT2D eigenvalue weighted by Gasteiger charge is 2.45. The predicted octanol–water partition coefficient (Wildman–Crippen LogP) is 4.85. The monoisotopic (exact) mass is 337 g/mol. The second-order valence-electron chi connectivity index (χ2n) is 9.79. The number of piperidine rings is 1. The normalized spacial score (nSPS) is 38.8. The Hall–Kier alpha value is -0.120. The highest BCUT2D eigenvalue weighted by Crippen LogP contribution is 2.45. The van der Waals surface area contributed by atoms with E-state index in [4.69, 9.17) is 9.47 Å². The van der Waals surface area contributed by atoms with Gasteiger partial charge in [-0.1, -0.05) is 27.7 Å². The second kappa shape index (κ2) is 7.63. The minimum absolute atomic E-state index is 0.230. The van der Waals surface area contributed by atoms with E-state index < -0.39 is 0 Å². The van der Waals surface area contributed by atoms with Crippen molar-refractivity contribution in [3.05, 3.63) is 0 Å². The molecule has 0 amide bonds. The van der Waals surface area contributed by atoms with Gasteiger partial charge in [0.1, 0.15) is 0 Å². The summed E-state index contributed by atoms with van der Waals surface area (Å²) >= 11 is 0. The number of hydrogen-bond donors (Lipinski definition) is 0. The van der Waals surface area contributed by atoms with Crippen LogP contribution in [0.4, 0.5) is 0 Å². The number of nitrogens with zero attached hydrogens (tertiary/aromatic N) is 1. The van der Waals surface area contributed by atoms with Crippen molar-refractivity contribution in [2.24, 2.45) is 17.3 Å².